The molecule has 0 spiro atoms. The smallest absolute Gasteiger partial charge is 0.0621 e. The largest absolute Gasteiger partial charge is 0.393 e. The first kappa shape index (κ1) is 9.47. The van der Waals surface area contributed by atoms with Crippen molar-refractivity contribution < 1.29 is 10.2 Å². The van der Waals surface area contributed by atoms with Gasteiger partial charge in [0.15, 0.2) is 0 Å². The summed E-state index contributed by atoms with van der Waals surface area (Å²) in [6.07, 6.45) is 5.09. The zero-order chi connectivity index (χ0) is 9.42. The van der Waals surface area contributed by atoms with Gasteiger partial charge in [-0.1, -0.05) is 19.8 Å². The summed E-state index contributed by atoms with van der Waals surface area (Å²) < 4.78 is 0. The molecule has 2 nitrogen and oxygen atoms in total. The van der Waals surface area contributed by atoms with Crippen LogP contribution in [0.25, 0.3) is 0 Å². The topological polar surface area (TPSA) is 40.5 Å². The summed E-state index contributed by atoms with van der Waals surface area (Å²) in [7, 11) is 0. The SMILES string of the molecule is CC1CC2CCCCC(O)C2C1O. The lowest BCUT2D eigenvalue weighted by atomic mass is 9.88. The third-order valence-corrected chi connectivity index (χ3v) is 3.97. The van der Waals surface area contributed by atoms with E-state index < -0.39 is 0 Å². The summed E-state index contributed by atoms with van der Waals surface area (Å²) in [5.41, 5.74) is 0. The van der Waals surface area contributed by atoms with Crippen molar-refractivity contribution in [3.05, 3.63) is 0 Å². The Labute approximate surface area is 80.0 Å². The van der Waals surface area contributed by atoms with Gasteiger partial charge in [-0.3, -0.25) is 0 Å². The van der Waals surface area contributed by atoms with Crippen LogP contribution in [0.15, 0.2) is 0 Å². The fourth-order valence-corrected chi connectivity index (χ4v) is 3.24. The van der Waals surface area contributed by atoms with Crippen molar-refractivity contribution in [3.63, 3.8) is 0 Å². The third kappa shape index (κ3) is 1.62. The maximum Gasteiger partial charge on any atom is 0.0621 e. The molecule has 2 N–H and O–H groups in total. The molecule has 2 fully saturated rings. The molecule has 2 aliphatic rings. The molecule has 5 atom stereocenters. The highest BCUT2D eigenvalue weighted by Gasteiger charge is 2.44. The summed E-state index contributed by atoms with van der Waals surface area (Å²) in [6.45, 7) is 2.10. The van der Waals surface area contributed by atoms with E-state index in [9.17, 15) is 10.2 Å². The van der Waals surface area contributed by atoms with Gasteiger partial charge in [0.2, 0.25) is 0 Å². The molecular formula is C11H20O2. The summed E-state index contributed by atoms with van der Waals surface area (Å²) in [5, 5.41) is 19.8. The predicted octanol–water partition coefficient (Wildman–Crippen LogP) is 1.55. The van der Waals surface area contributed by atoms with Gasteiger partial charge in [0.05, 0.1) is 12.2 Å². The van der Waals surface area contributed by atoms with Crippen LogP contribution in [0, 0.1) is 17.8 Å². The van der Waals surface area contributed by atoms with Crippen molar-refractivity contribution in [1.82, 2.24) is 0 Å². The van der Waals surface area contributed by atoms with Crippen molar-refractivity contribution >= 4 is 0 Å². The van der Waals surface area contributed by atoms with Gasteiger partial charge >= 0.3 is 0 Å². The number of fused-ring (bicyclic) bond motifs is 1. The van der Waals surface area contributed by atoms with Gasteiger partial charge in [0.25, 0.3) is 0 Å². The zero-order valence-corrected chi connectivity index (χ0v) is 8.32. The highest BCUT2D eigenvalue weighted by atomic mass is 16.3. The zero-order valence-electron chi connectivity index (χ0n) is 8.32. The minimum absolute atomic E-state index is 0.178. The van der Waals surface area contributed by atoms with Gasteiger partial charge in [-0.25, -0.2) is 0 Å². The molecular weight excluding hydrogens is 164 g/mol. The second-order valence-electron chi connectivity index (χ2n) is 4.89. The Balaban J connectivity index is 2.12. The monoisotopic (exact) mass is 184 g/mol. The van der Waals surface area contributed by atoms with E-state index in [-0.39, 0.29) is 18.1 Å². The van der Waals surface area contributed by atoms with Crippen molar-refractivity contribution in [2.75, 3.05) is 0 Å². The normalized spacial score (nSPS) is 51.5. The molecule has 5 unspecified atom stereocenters. The van der Waals surface area contributed by atoms with E-state index in [1.165, 1.54) is 12.8 Å². The third-order valence-electron chi connectivity index (χ3n) is 3.97. The molecule has 0 aromatic rings. The second-order valence-corrected chi connectivity index (χ2v) is 4.89. The van der Waals surface area contributed by atoms with Gasteiger partial charge in [-0.2, -0.15) is 0 Å². The Morgan fingerprint density at radius 2 is 1.77 bits per heavy atom. The second kappa shape index (κ2) is 3.58. The molecule has 2 aliphatic carbocycles. The van der Waals surface area contributed by atoms with Crippen molar-refractivity contribution in [2.45, 2.75) is 51.2 Å². The minimum atomic E-state index is -0.252. The lowest BCUT2D eigenvalue weighted by Gasteiger charge is -2.24. The fraction of sp³-hybridized carbons (Fsp3) is 1.00. The molecule has 2 heteroatoms. The Kier molecular flexibility index (Phi) is 2.61. The van der Waals surface area contributed by atoms with E-state index in [0.29, 0.717) is 11.8 Å². The van der Waals surface area contributed by atoms with E-state index in [1.54, 1.807) is 0 Å². The lowest BCUT2D eigenvalue weighted by Crippen LogP contribution is -2.32. The molecule has 0 radical (unpaired) electrons. The van der Waals surface area contributed by atoms with Crippen LogP contribution in [-0.4, -0.2) is 22.4 Å². The molecule has 2 rings (SSSR count). The van der Waals surface area contributed by atoms with Gasteiger partial charge < -0.3 is 10.2 Å². The van der Waals surface area contributed by atoms with E-state index >= 15 is 0 Å². The Bertz CT molecular complexity index is 181. The number of rotatable bonds is 0. The summed E-state index contributed by atoms with van der Waals surface area (Å²) in [5.74, 6) is 1.16. The number of aliphatic hydroxyl groups excluding tert-OH is 2. The van der Waals surface area contributed by atoms with Gasteiger partial charge in [0, 0.05) is 5.92 Å². The summed E-state index contributed by atoms with van der Waals surface area (Å²) >= 11 is 0. The predicted molar refractivity (Wildman–Crippen MR) is 51.2 cm³/mol. The number of aliphatic hydroxyl groups is 2. The van der Waals surface area contributed by atoms with Crippen LogP contribution in [0.2, 0.25) is 0 Å². The summed E-state index contributed by atoms with van der Waals surface area (Å²) in [6, 6.07) is 0. The first-order chi connectivity index (χ1) is 6.20. The van der Waals surface area contributed by atoms with E-state index in [2.05, 4.69) is 6.92 Å². The summed E-state index contributed by atoms with van der Waals surface area (Å²) in [4.78, 5) is 0. The molecule has 0 saturated heterocycles. The van der Waals surface area contributed by atoms with E-state index in [1.807, 2.05) is 0 Å². The molecule has 2 saturated carbocycles. The minimum Gasteiger partial charge on any atom is -0.393 e. The average molecular weight is 184 g/mol. The van der Waals surface area contributed by atoms with Gasteiger partial charge in [-0.05, 0) is 31.1 Å². The molecule has 0 aliphatic heterocycles. The van der Waals surface area contributed by atoms with Crippen LogP contribution >= 0.6 is 0 Å². The van der Waals surface area contributed by atoms with Crippen LogP contribution in [0.5, 0.6) is 0 Å². The van der Waals surface area contributed by atoms with Crippen molar-refractivity contribution in [3.8, 4) is 0 Å². The number of hydrogen-bond donors (Lipinski definition) is 2. The molecule has 0 aromatic heterocycles. The van der Waals surface area contributed by atoms with Crippen LogP contribution in [0.1, 0.15) is 39.0 Å². The van der Waals surface area contributed by atoms with E-state index in [0.717, 1.165) is 19.3 Å². The van der Waals surface area contributed by atoms with Crippen molar-refractivity contribution in [2.24, 2.45) is 17.8 Å². The number of hydrogen-bond acceptors (Lipinski definition) is 2. The maximum atomic E-state index is 9.93. The molecule has 0 bridgehead atoms. The highest BCUT2D eigenvalue weighted by Crippen LogP contribution is 2.44. The van der Waals surface area contributed by atoms with Gasteiger partial charge in [-0.15, -0.1) is 0 Å². The molecule has 0 heterocycles. The average Bonchev–Trinajstić information content (AvgIpc) is 2.29. The standard InChI is InChI=1S/C11H20O2/c1-7-6-8-4-2-3-5-9(12)10(8)11(7)13/h7-13H,2-6H2,1H3. The quantitative estimate of drug-likeness (QED) is 0.599. The molecule has 0 amide bonds. The Morgan fingerprint density at radius 3 is 2.54 bits per heavy atom. The Morgan fingerprint density at radius 1 is 1.08 bits per heavy atom. The molecule has 0 aromatic carbocycles. The fourth-order valence-electron chi connectivity index (χ4n) is 3.24. The van der Waals surface area contributed by atoms with E-state index in [4.69, 9.17) is 0 Å². The van der Waals surface area contributed by atoms with Crippen LogP contribution in [0.3, 0.4) is 0 Å². The van der Waals surface area contributed by atoms with Gasteiger partial charge in [0.1, 0.15) is 0 Å². The Hall–Kier alpha value is -0.0800. The molecule has 13 heavy (non-hydrogen) atoms. The first-order valence-corrected chi connectivity index (χ1v) is 5.56. The highest BCUT2D eigenvalue weighted by molar-refractivity contribution is 4.94. The first-order valence-electron chi connectivity index (χ1n) is 5.56. The lowest BCUT2D eigenvalue weighted by molar-refractivity contribution is 0.00216. The van der Waals surface area contributed by atoms with Crippen LogP contribution in [0.4, 0.5) is 0 Å². The maximum absolute atomic E-state index is 9.93. The van der Waals surface area contributed by atoms with Crippen LogP contribution < -0.4 is 0 Å². The molecule has 76 valence electrons. The van der Waals surface area contributed by atoms with Crippen LogP contribution in [-0.2, 0) is 0 Å². The van der Waals surface area contributed by atoms with Crippen molar-refractivity contribution in [1.29, 1.82) is 0 Å².